The molecule has 1 aromatic rings. The van der Waals surface area contributed by atoms with Gasteiger partial charge in [0.2, 0.25) is 5.95 Å². The van der Waals surface area contributed by atoms with Crippen LogP contribution in [0, 0.1) is 6.92 Å². The normalized spacial score (nSPS) is 16.3. The van der Waals surface area contributed by atoms with Crippen LogP contribution in [0.5, 0.6) is 0 Å². The average Bonchev–Trinajstić information content (AvgIpc) is 2.68. The van der Waals surface area contributed by atoms with E-state index in [0.717, 1.165) is 43.6 Å². The monoisotopic (exact) mass is 262 g/mol. The van der Waals surface area contributed by atoms with Gasteiger partial charge in [0, 0.05) is 37.9 Å². The molecule has 1 fully saturated rings. The Balaban J connectivity index is 2.24. The predicted octanol–water partition coefficient (Wildman–Crippen LogP) is 3.01. The fraction of sp³-hybridized carbons (Fsp3) is 0.733. The van der Waals surface area contributed by atoms with Crippen molar-refractivity contribution in [3.63, 3.8) is 0 Å². The van der Waals surface area contributed by atoms with E-state index in [1.165, 1.54) is 25.7 Å². The molecule has 1 aliphatic heterocycles. The van der Waals surface area contributed by atoms with E-state index in [1.54, 1.807) is 0 Å². The average molecular weight is 262 g/mol. The highest BCUT2D eigenvalue weighted by molar-refractivity contribution is 5.45. The second-order valence-electron chi connectivity index (χ2n) is 5.24. The lowest BCUT2D eigenvalue weighted by molar-refractivity contribution is 0.726. The van der Waals surface area contributed by atoms with E-state index in [-0.39, 0.29) is 0 Å². The summed E-state index contributed by atoms with van der Waals surface area (Å²) in [5, 5.41) is 0. The SMILES string of the molecule is CCN(CC)c1cc(C)nc(N2CCCCCC2)n1. The summed E-state index contributed by atoms with van der Waals surface area (Å²) >= 11 is 0. The van der Waals surface area contributed by atoms with Gasteiger partial charge >= 0.3 is 0 Å². The largest absolute Gasteiger partial charge is 0.357 e. The minimum absolute atomic E-state index is 0.920. The van der Waals surface area contributed by atoms with Crippen LogP contribution >= 0.6 is 0 Å². The quantitative estimate of drug-likeness (QED) is 0.835. The van der Waals surface area contributed by atoms with E-state index in [0.29, 0.717) is 0 Å². The van der Waals surface area contributed by atoms with Crippen molar-refractivity contribution in [2.45, 2.75) is 46.5 Å². The Labute approximate surface area is 116 Å². The smallest absolute Gasteiger partial charge is 0.227 e. The molecule has 0 aromatic carbocycles. The van der Waals surface area contributed by atoms with Crippen LogP contribution in [-0.2, 0) is 0 Å². The van der Waals surface area contributed by atoms with Crippen molar-refractivity contribution in [2.24, 2.45) is 0 Å². The van der Waals surface area contributed by atoms with Crippen molar-refractivity contribution in [1.82, 2.24) is 9.97 Å². The Morgan fingerprint density at radius 3 is 2.26 bits per heavy atom. The molecule has 4 nitrogen and oxygen atoms in total. The molecule has 1 aromatic heterocycles. The van der Waals surface area contributed by atoms with Gasteiger partial charge in [-0.05, 0) is 33.6 Å². The molecule has 0 spiro atoms. The second kappa shape index (κ2) is 6.73. The molecule has 0 N–H and O–H groups in total. The summed E-state index contributed by atoms with van der Waals surface area (Å²) in [7, 11) is 0. The van der Waals surface area contributed by atoms with Gasteiger partial charge in [-0.1, -0.05) is 12.8 Å². The summed E-state index contributed by atoms with van der Waals surface area (Å²) in [6.07, 6.45) is 5.20. The van der Waals surface area contributed by atoms with E-state index < -0.39 is 0 Å². The lowest BCUT2D eigenvalue weighted by atomic mass is 10.2. The van der Waals surface area contributed by atoms with Crippen LogP contribution in [0.4, 0.5) is 11.8 Å². The van der Waals surface area contributed by atoms with Crippen molar-refractivity contribution in [3.05, 3.63) is 11.8 Å². The van der Waals surface area contributed by atoms with E-state index >= 15 is 0 Å². The zero-order valence-corrected chi connectivity index (χ0v) is 12.5. The maximum absolute atomic E-state index is 4.78. The van der Waals surface area contributed by atoms with Gasteiger partial charge < -0.3 is 9.80 Å². The summed E-state index contributed by atoms with van der Waals surface area (Å²) in [5.41, 5.74) is 1.07. The molecule has 1 aliphatic rings. The number of aryl methyl sites for hydroxylation is 1. The molecule has 0 bridgehead atoms. The van der Waals surface area contributed by atoms with Crippen LogP contribution < -0.4 is 9.80 Å². The molecule has 1 saturated heterocycles. The summed E-state index contributed by atoms with van der Waals surface area (Å²) in [5.74, 6) is 1.99. The number of hydrogen-bond acceptors (Lipinski definition) is 4. The minimum atomic E-state index is 0.920. The third-order valence-electron chi connectivity index (χ3n) is 3.81. The van der Waals surface area contributed by atoms with Crippen LogP contribution in [-0.4, -0.2) is 36.1 Å². The highest BCUT2D eigenvalue weighted by Gasteiger charge is 2.15. The highest BCUT2D eigenvalue weighted by atomic mass is 15.3. The summed E-state index contributed by atoms with van der Waals surface area (Å²) in [6.45, 7) is 10.6. The Bertz CT molecular complexity index is 393. The first-order valence-electron chi connectivity index (χ1n) is 7.60. The summed E-state index contributed by atoms with van der Waals surface area (Å²) < 4.78 is 0. The molecule has 0 atom stereocenters. The fourth-order valence-electron chi connectivity index (χ4n) is 2.66. The maximum Gasteiger partial charge on any atom is 0.227 e. The fourth-order valence-corrected chi connectivity index (χ4v) is 2.66. The maximum atomic E-state index is 4.78. The third-order valence-corrected chi connectivity index (χ3v) is 3.81. The van der Waals surface area contributed by atoms with E-state index in [4.69, 9.17) is 4.98 Å². The van der Waals surface area contributed by atoms with Crippen molar-refractivity contribution < 1.29 is 0 Å². The van der Waals surface area contributed by atoms with Gasteiger partial charge in [0.1, 0.15) is 5.82 Å². The lowest BCUT2D eigenvalue weighted by Crippen LogP contribution is -2.28. The van der Waals surface area contributed by atoms with Crippen LogP contribution in [0.1, 0.15) is 45.2 Å². The van der Waals surface area contributed by atoms with Crippen molar-refractivity contribution in [1.29, 1.82) is 0 Å². The zero-order chi connectivity index (χ0) is 13.7. The zero-order valence-electron chi connectivity index (χ0n) is 12.5. The third kappa shape index (κ3) is 3.58. The van der Waals surface area contributed by atoms with E-state index in [9.17, 15) is 0 Å². The molecule has 0 radical (unpaired) electrons. The van der Waals surface area contributed by atoms with Crippen molar-refractivity contribution in [3.8, 4) is 0 Å². The topological polar surface area (TPSA) is 32.3 Å². The molecule has 4 heteroatoms. The molecule has 0 unspecified atom stereocenters. The lowest BCUT2D eigenvalue weighted by Gasteiger charge is -2.24. The van der Waals surface area contributed by atoms with Crippen molar-refractivity contribution in [2.75, 3.05) is 36.0 Å². The Morgan fingerprint density at radius 1 is 1.05 bits per heavy atom. The number of hydrogen-bond donors (Lipinski definition) is 0. The van der Waals surface area contributed by atoms with Gasteiger partial charge in [0.05, 0.1) is 0 Å². The second-order valence-corrected chi connectivity index (χ2v) is 5.24. The van der Waals surface area contributed by atoms with Crippen LogP contribution in [0.15, 0.2) is 6.07 Å². The number of aromatic nitrogens is 2. The standard InChI is InChI=1S/C15H26N4/c1-4-18(5-2)14-12-13(3)16-15(17-14)19-10-8-6-7-9-11-19/h12H,4-11H2,1-3H3. The molecule has 2 rings (SSSR count). The Kier molecular flexibility index (Phi) is 5.00. The molecular formula is C15H26N4. The van der Waals surface area contributed by atoms with Crippen molar-refractivity contribution >= 4 is 11.8 Å². The van der Waals surface area contributed by atoms with Gasteiger partial charge in [-0.2, -0.15) is 4.98 Å². The van der Waals surface area contributed by atoms with Gasteiger partial charge in [0.15, 0.2) is 0 Å². The van der Waals surface area contributed by atoms with Gasteiger partial charge in [-0.15, -0.1) is 0 Å². The summed E-state index contributed by atoms with van der Waals surface area (Å²) in [6, 6.07) is 2.09. The first kappa shape index (κ1) is 14.1. The Morgan fingerprint density at radius 2 is 1.68 bits per heavy atom. The van der Waals surface area contributed by atoms with Crippen LogP contribution in [0.25, 0.3) is 0 Å². The minimum Gasteiger partial charge on any atom is -0.357 e. The first-order valence-corrected chi connectivity index (χ1v) is 7.60. The number of anilines is 2. The molecule has 19 heavy (non-hydrogen) atoms. The molecule has 0 amide bonds. The Hall–Kier alpha value is -1.32. The van der Waals surface area contributed by atoms with Crippen LogP contribution in [0.3, 0.4) is 0 Å². The van der Waals surface area contributed by atoms with Gasteiger partial charge in [-0.25, -0.2) is 4.98 Å². The van der Waals surface area contributed by atoms with E-state index in [2.05, 4.69) is 41.6 Å². The molecule has 0 aliphatic carbocycles. The molecule has 106 valence electrons. The summed E-state index contributed by atoms with van der Waals surface area (Å²) in [4.78, 5) is 14.1. The molecule has 0 saturated carbocycles. The van der Waals surface area contributed by atoms with Gasteiger partial charge in [-0.3, -0.25) is 0 Å². The van der Waals surface area contributed by atoms with Crippen LogP contribution in [0.2, 0.25) is 0 Å². The van der Waals surface area contributed by atoms with Gasteiger partial charge in [0.25, 0.3) is 0 Å². The molecule has 2 heterocycles. The predicted molar refractivity (Wildman–Crippen MR) is 81.0 cm³/mol. The van der Waals surface area contributed by atoms with E-state index in [1.807, 2.05) is 0 Å². The molecular weight excluding hydrogens is 236 g/mol. The number of rotatable bonds is 4. The highest BCUT2D eigenvalue weighted by Crippen LogP contribution is 2.20. The number of nitrogens with zero attached hydrogens (tertiary/aromatic N) is 4. The first-order chi connectivity index (χ1) is 9.24.